The molecule has 132 valence electrons. The van der Waals surface area contributed by atoms with Crippen molar-refractivity contribution in [1.82, 2.24) is 19.9 Å². The van der Waals surface area contributed by atoms with Crippen LogP contribution in [0.15, 0.2) is 66.9 Å². The van der Waals surface area contributed by atoms with Crippen LogP contribution >= 0.6 is 0 Å². The summed E-state index contributed by atoms with van der Waals surface area (Å²) in [6.45, 7) is 1.85. The number of hydrogen-bond acceptors (Lipinski definition) is 4. The van der Waals surface area contributed by atoms with Gasteiger partial charge in [0.2, 0.25) is 0 Å². The molecular weight excluding hydrogens is 328 g/mol. The molecule has 2 atom stereocenters. The third-order valence-corrected chi connectivity index (χ3v) is 4.95. The Kier molecular flexibility index (Phi) is 4.50. The molecule has 26 heavy (non-hydrogen) atoms. The van der Waals surface area contributed by atoms with E-state index < -0.39 is 11.9 Å². The van der Waals surface area contributed by atoms with Crippen LogP contribution in [0.2, 0.25) is 0 Å². The van der Waals surface area contributed by atoms with Crippen LogP contribution in [0.5, 0.6) is 0 Å². The fourth-order valence-corrected chi connectivity index (χ4v) is 3.68. The summed E-state index contributed by atoms with van der Waals surface area (Å²) in [5.41, 5.74) is 2.99. The third-order valence-electron chi connectivity index (χ3n) is 4.95. The predicted molar refractivity (Wildman–Crippen MR) is 96.9 cm³/mol. The summed E-state index contributed by atoms with van der Waals surface area (Å²) in [7, 11) is 0. The highest BCUT2D eigenvalue weighted by Gasteiger charge is 2.38. The Morgan fingerprint density at radius 1 is 1.04 bits per heavy atom. The van der Waals surface area contributed by atoms with E-state index >= 15 is 0 Å². The lowest BCUT2D eigenvalue weighted by atomic mass is 9.89. The van der Waals surface area contributed by atoms with Gasteiger partial charge in [0.1, 0.15) is 0 Å². The second-order valence-electron chi connectivity index (χ2n) is 6.63. The summed E-state index contributed by atoms with van der Waals surface area (Å²) in [6.07, 6.45) is 1.75. The van der Waals surface area contributed by atoms with Crippen LogP contribution < -0.4 is 0 Å². The van der Waals surface area contributed by atoms with Gasteiger partial charge in [-0.15, -0.1) is 5.10 Å². The monoisotopic (exact) mass is 348 g/mol. The zero-order valence-corrected chi connectivity index (χ0v) is 14.3. The number of carbonyl (C=O) groups is 1. The molecule has 4 rings (SSSR count). The molecule has 1 saturated heterocycles. The molecule has 1 aliphatic heterocycles. The SMILES string of the molecule is O=C(O)[C@@H]1CN(Cc2cnnn2-c2ccccc2)C[C@H]1c1ccccc1. The Morgan fingerprint density at radius 2 is 1.73 bits per heavy atom. The van der Waals surface area contributed by atoms with Crippen LogP contribution in [-0.4, -0.2) is 44.1 Å². The van der Waals surface area contributed by atoms with Crippen molar-refractivity contribution in [2.45, 2.75) is 12.5 Å². The van der Waals surface area contributed by atoms with Crippen LogP contribution in [-0.2, 0) is 11.3 Å². The Labute approximate surface area is 151 Å². The average Bonchev–Trinajstić information content (AvgIpc) is 3.31. The lowest BCUT2D eigenvalue weighted by molar-refractivity contribution is -0.141. The van der Waals surface area contributed by atoms with Crippen molar-refractivity contribution in [1.29, 1.82) is 0 Å². The zero-order chi connectivity index (χ0) is 17.9. The van der Waals surface area contributed by atoms with Crippen LogP contribution in [0.3, 0.4) is 0 Å². The summed E-state index contributed by atoms with van der Waals surface area (Å²) < 4.78 is 1.81. The summed E-state index contributed by atoms with van der Waals surface area (Å²) in [5.74, 6) is -1.15. The molecule has 0 unspecified atom stereocenters. The van der Waals surface area contributed by atoms with Crippen LogP contribution in [0.1, 0.15) is 17.2 Å². The fourth-order valence-electron chi connectivity index (χ4n) is 3.68. The third kappa shape index (κ3) is 3.23. The smallest absolute Gasteiger partial charge is 0.308 e. The number of aromatic nitrogens is 3. The van der Waals surface area contributed by atoms with E-state index in [1.165, 1.54) is 0 Å². The number of hydrogen-bond donors (Lipinski definition) is 1. The lowest BCUT2D eigenvalue weighted by Gasteiger charge is -2.16. The molecule has 0 amide bonds. The van der Waals surface area contributed by atoms with Gasteiger partial charge < -0.3 is 5.11 Å². The number of rotatable bonds is 5. The van der Waals surface area contributed by atoms with Gasteiger partial charge in [-0.3, -0.25) is 9.69 Å². The van der Waals surface area contributed by atoms with E-state index in [2.05, 4.69) is 15.2 Å². The summed E-state index contributed by atoms with van der Waals surface area (Å²) in [5, 5.41) is 17.9. The standard InChI is InChI=1S/C20H20N4O2/c25-20(26)19-14-23(13-18(19)15-7-3-1-4-8-15)12-17-11-21-22-24(17)16-9-5-2-6-10-16/h1-11,18-19H,12-14H2,(H,25,26)/t18-,19+/m0/s1. The minimum atomic E-state index is -0.740. The van der Waals surface area contributed by atoms with Crippen molar-refractivity contribution in [3.8, 4) is 5.69 Å². The molecule has 1 fully saturated rings. The van der Waals surface area contributed by atoms with Crippen molar-refractivity contribution in [3.63, 3.8) is 0 Å². The Morgan fingerprint density at radius 3 is 2.42 bits per heavy atom. The van der Waals surface area contributed by atoms with E-state index in [4.69, 9.17) is 0 Å². The van der Waals surface area contributed by atoms with Crippen molar-refractivity contribution in [2.24, 2.45) is 5.92 Å². The van der Waals surface area contributed by atoms with Gasteiger partial charge in [-0.25, -0.2) is 4.68 Å². The number of carboxylic acids is 1. The molecule has 0 spiro atoms. The highest BCUT2D eigenvalue weighted by molar-refractivity contribution is 5.72. The van der Waals surface area contributed by atoms with E-state index in [1.807, 2.05) is 65.3 Å². The van der Waals surface area contributed by atoms with Gasteiger partial charge in [0.15, 0.2) is 0 Å². The second kappa shape index (κ2) is 7.09. The average molecular weight is 348 g/mol. The highest BCUT2D eigenvalue weighted by Crippen LogP contribution is 2.33. The molecule has 1 aromatic heterocycles. The largest absolute Gasteiger partial charge is 0.481 e. The second-order valence-corrected chi connectivity index (χ2v) is 6.63. The minimum Gasteiger partial charge on any atom is -0.481 e. The van der Waals surface area contributed by atoms with E-state index in [9.17, 15) is 9.90 Å². The minimum absolute atomic E-state index is 0.00486. The van der Waals surface area contributed by atoms with Gasteiger partial charge in [-0.2, -0.15) is 0 Å². The predicted octanol–water partition coefficient (Wildman–Crippen LogP) is 2.57. The van der Waals surface area contributed by atoms with Gasteiger partial charge in [0.05, 0.1) is 23.5 Å². The number of para-hydroxylation sites is 1. The molecule has 2 aromatic carbocycles. The summed E-state index contributed by atoms with van der Waals surface area (Å²) in [6, 6.07) is 19.8. The van der Waals surface area contributed by atoms with E-state index in [-0.39, 0.29) is 5.92 Å². The Bertz CT molecular complexity index is 879. The van der Waals surface area contributed by atoms with Gasteiger partial charge in [-0.05, 0) is 17.7 Å². The van der Waals surface area contributed by atoms with E-state index in [0.717, 1.165) is 16.9 Å². The van der Waals surface area contributed by atoms with Crippen LogP contribution in [0.4, 0.5) is 0 Å². The fraction of sp³-hybridized carbons (Fsp3) is 0.250. The van der Waals surface area contributed by atoms with Gasteiger partial charge in [-0.1, -0.05) is 53.7 Å². The lowest BCUT2D eigenvalue weighted by Crippen LogP contribution is -2.24. The molecule has 0 aliphatic carbocycles. The Hall–Kier alpha value is -2.99. The maximum Gasteiger partial charge on any atom is 0.308 e. The molecular formula is C20H20N4O2. The number of likely N-dealkylation sites (tertiary alicyclic amines) is 1. The van der Waals surface area contributed by atoms with E-state index in [1.54, 1.807) is 6.20 Å². The van der Waals surface area contributed by atoms with Crippen molar-refractivity contribution in [2.75, 3.05) is 13.1 Å². The number of carboxylic acid groups (broad SMARTS) is 1. The molecule has 1 aliphatic rings. The molecule has 6 heteroatoms. The number of nitrogens with zero attached hydrogens (tertiary/aromatic N) is 4. The van der Waals surface area contributed by atoms with Gasteiger partial charge in [0.25, 0.3) is 0 Å². The normalized spacial score (nSPS) is 20.3. The first-order chi connectivity index (χ1) is 12.7. The summed E-state index contributed by atoms with van der Waals surface area (Å²) >= 11 is 0. The van der Waals surface area contributed by atoms with Crippen LogP contribution in [0, 0.1) is 5.92 Å². The topological polar surface area (TPSA) is 71.2 Å². The molecule has 0 bridgehead atoms. The molecule has 3 aromatic rings. The maximum absolute atomic E-state index is 11.8. The highest BCUT2D eigenvalue weighted by atomic mass is 16.4. The first-order valence-corrected chi connectivity index (χ1v) is 8.67. The Balaban J connectivity index is 1.55. The molecule has 1 N–H and O–H groups in total. The maximum atomic E-state index is 11.8. The summed E-state index contributed by atoms with van der Waals surface area (Å²) in [4.78, 5) is 13.9. The van der Waals surface area contributed by atoms with Crippen molar-refractivity contribution in [3.05, 3.63) is 78.1 Å². The molecule has 0 saturated carbocycles. The molecule has 6 nitrogen and oxygen atoms in total. The molecule has 0 radical (unpaired) electrons. The molecule has 2 heterocycles. The zero-order valence-electron chi connectivity index (χ0n) is 14.3. The number of aliphatic carboxylic acids is 1. The first-order valence-electron chi connectivity index (χ1n) is 8.67. The van der Waals surface area contributed by atoms with Gasteiger partial charge in [0, 0.05) is 25.6 Å². The quantitative estimate of drug-likeness (QED) is 0.767. The number of benzene rings is 2. The first kappa shape index (κ1) is 16.5. The van der Waals surface area contributed by atoms with Crippen molar-refractivity contribution < 1.29 is 9.90 Å². The van der Waals surface area contributed by atoms with Gasteiger partial charge >= 0.3 is 5.97 Å². The van der Waals surface area contributed by atoms with E-state index in [0.29, 0.717) is 19.6 Å². The van der Waals surface area contributed by atoms with Crippen LogP contribution in [0.25, 0.3) is 5.69 Å². The van der Waals surface area contributed by atoms with Crippen molar-refractivity contribution >= 4 is 5.97 Å².